The molecular formula is C8H12N2O3. The van der Waals surface area contributed by atoms with Crippen LogP contribution in [0.1, 0.15) is 6.92 Å². The zero-order valence-corrected chi connectivity index (χ0v) is 7.33. The van der Waals surface area contributed by atoms with Crippen molar-refractivity contribution in [3.8, 4) is 12.3 Å². The van der Waals surface area contributed by atoms with E-state index in [1.807, 2.05) is 0 Å². The molecule has 0 saturated carbocycles. The van der Waals surface area contributed by atoms with Crippen molar-refractivity contribution in [2.45, 2.75) is 13.0 Å². The first-order valence-electron chi connectivity index (χ1n) is 3.74. The Labute approximate surface area is 76.5 Å². The van der Waals surface area contributed by atoms with Gasteiger partial charge < -0.3 is 10.4 Å². The first kappa shape index (κ1) is 11.5. The molecule has 0 saturated heterocycles. The highest BCUT2D eigenvalue weighted by molar-refractivity contribution is 5.82. The molecule has 0 bridgehead atoms. The minimum Gasteiger partial charge on any atom is -0.480 e. The lowest BCUT2D eigenvalue weighted by atomic mass is 10.3. The summed E-state index contributed by atoms with van der Waals surface area (Å²) in [5.74, 6) is 0.933. The molecule has 0 aliphatic heterocycles. The molecule has 0 rings (SSSR count). The van der Waals surface area contributed by atoms with Gasteiger partial charge >= 0.3 is 5.97 Å². The van der Waals surface area contributed by atoms with E-state index < -0.39 is 12.0 Å². The molecule has 0 aromatic carbocycles. The largest absolute Gasteiger partial charge is 0.480 e. The fourth-order valence-corrected chi connectivity index (χ4v) is 0.624. The molecule has 0 aromatic rings. The molecule has 0 fully saturated rings. The molecule has 0 spiro atoms. The summed E-state index contributed by atoms with van der Waals surface area (Å²) in [5.41, 5.74) is 0. The van der Waals surface area contributed by atoms with Crippen LogP contribution >= 0.6 is 0 Å². The van der Waals surface area contributed by atoms with Gasteiger partial charge in [-0.3, -0.25) is 14.9 Å². The summed E-state index contributed by atoms with van der Waals surface area (Å²) < 4.78 is 0. The Morgan fingerprint density at radius 3 is 2.69 bits per heavy atom. The molecule has 5 heteroatoms. The van der Waals surface area contributed by atoms with Gasteiger partial charge in [-0.05, 0) is 6.92 Å². The van der Waals surface area contributed by atoms with Gasteiger partial charge in [-0.1, -0.05) is 5.92 Å². The first-order chi connectivity index (χ1) is 6.07. The molecule has 1 unspecified atom stereocenters. The Kier molecular flexibility index (Phi) is 5.32. The van der Waals surface area contributed by atoms with E-state index in [0.717, 1.165) is 0 Å². The number of hydrogen-bond acceptors (Lipinski definition) is 3. The van der Waals surface area contributed by atoms with E-state index in [1.165, 1.54) is 0 Å². The van der Waals surface area contributed by atoms with Crippen molar-refractivity contribution in [1.82, 2.24) is 10.6 Å². The molecular weight excluding hydrogens is 172 g/mol. The molecule has 13 heavy (non-hydrogen) atoms. The topological polar surface area (TPSA) is 78.4 Å². The van der Waals surface area contributed by atoms with Gasteiger partial charge in [-0.25, -0.2) is 0 Å². The van der Waals surface area contributed by atoms with E-state index in [1.54, 1.807) is 6.92 Å². The Morgan fingerprint density at radius 2 is 2.23 bits per heavy atom. The standard InChI is InChI=1S/C8H12N2O3/c1-3-4-9-8(13)6(2)10-5-7(11)12/h1,6,10H,4-5H2,2H3,(H,9,13)(H,11,12). The summed E-state index contributed by atoms with van der Waals surface area (Å²) in [6.07, 6.45) is 4.92. The van der Waals surface area contributed by atoms with E-state index in [4.69, 9.17) is 11.5 Å². The van der Waals surface area contributed by atoms with Crippen molar-refractivity contribution in [2.24, 2.45) is 0 Å². The average molecular weight is 184 g/mol. The number of nitrogens with one attached hydrogen (secondary N) is 2. The second-order valence-electron chi connectivity index (χ2n) is 2.42. The van der Waals surface area contributed by atoms with Crippen LogP contribution in [-0.2, 0) is 9.59 Å². The normalized spacial score (nSPS) is 11.4. The average Bonchev–Trinajstić information content (AvgIpc) is 2.10. The molecule has 0 aliphatic rings. The highest BCUT2D eigenvalue weighted by Crippen LogP contribution is 1.80. The number of rotatable bonds is 5. The molecule has 3 N–H and O–H groups in total. The number of carboxylic acids is 1. The fourth-order valence-electron chi connectivity index (χ4n) is 0.624. The SMILES string of the molecule is C#CCNC(=O)C(C)NCC(=O)O. The van der Waals surface area contributed by atoms with Crippen LogP contribution in [0.15, 0.2) is 0 Å². The first-order valence-corrected chi connectivity index (χ1v) is 3.74. The quantitative estimate of drug-likeness (QED) is 0.469. The third-order valence-corrected chi connectivity index (χ3v) is 1.32. The molecule has 0 aromatic heterocycles. The van der Waals surface area contributed by atoms with Crippen LogP contribution in [0.5, 0.6) is 0 Å². The number of carbonyl (C=O) groups is 2. The third kappa shape index (κ3) is 5.70. The summed E-state index contributed by atoms with van der Waals surface area (Å²) in [6.45, 7) is 1.47. The molecule has 1 amide bonds. The number of carboxylic acid groups (broad SMARTS) is 1. The molecule has 0 heterocycles. The van der Waals surface area contributed by atoms with Gasteiger partial charge in [0.15, 0.2) is 0 Å². The molecule has 1 atom stereocenters. The van der Waals surface area contributed by atoms with Crippen molar-refractivity contribution >= 4 is 11.9 Å². The zero-order chi connectivity index (χ0) is 10.3. The Balaban J connectivity index is 3.70. The zero-order valence-electron chi connectivity index (χ0n) is 7.33. The van der Waals surface area contributed by atoms with E-state index in [2.05, 4.69) is 16.6 Å². The van der Waals surface area contributed by atoms with Crippen LogP contribution in [0, 0.1) is 12.3 Å². The van der Waals surface area contributed by atoms with Crippen molar-refractivity contribution in [2.75, 3.05) is 13.1 Å². The van der Waals surface area contributed by atoms with Crippen LogP contribution in [0.3, 0.4) is 0 Å². The highest BCUT2D eigenvalue weighted by Gasteiger charge is 2.11. The van der Waals surface area contributed by atoms with E-state index in [0.29, 0.717) is 0 Å². The van der Waals surface area contributed by atoms with Gasteiger partial charge in [-0.15, -0.1) is 6.42 Å². The lowest BCUT2D eigenvalue weighted by Crippen LogP contribution is -2.44. The number of terminal acetylenes is 1. The van der Waals surface area contributed by atoms with Crippen molar-refractivity contribution in [3.05, 3.63) is 0 Å². The van der Waals surface area contributed by atoms with E-state index in [9.17, 15) is 9.59 Å². The van der Waals surface area contributed by atoms with Gasteiger partial charge in [-0.2, -0.15) is 0 Å². The van der Waals surface area contributed by atoms with E-state index in [-0.39, 0.29) is 19.0 Å². The van der Waals surface area contributed by atoms with Crippen molar-refractivity contribution in [1.29, 1.82) is 0 Å². The summed E-state index contributed by atoms with van der Waals surface area (Å²) >= 11 is 0. The Hall–Kier alpha value is -1.54. The Bertz CT molecular complexity index is 232. The minimum absolute atomic E-state index is 0.151. The Morgan fingerprint density at radius 1 is 1.62 bits per heavy atom. The molecule has 0 aliphatic carbocycles. The van der Waals surface area contributed by atoms with Crippen molar-refractivity contribution in [3.63, 3.8) is 0 Å². The monoisotopic (exact) mass is 184 g/mol. The predicted octanol–water partition coefficient (Wildman–Crippen LogP) is -1.20. The summed E-state index contributed by atoms with van der Waals surface area (Å²) in [7, 11) is 0. The van der Waals surface area contributed by atoms with Crippen LogP contribution < -0.4 is 10.6 Å². The number of hydrogen-bond donors (Lipinski definition) is 3. The minimum atomic E-state index is -1.00. The number of carbonyl (C=O) groups excluding carboxylic acids is 1. The summed E-state index contributed by atoms with van der Waals surface area (Å²) in [6, 6.07) is -0.551. The van der Waals surface area contributed by atoms with Gasteiger partial charge in [0.25, 0.3) is 0 Å². The predicted molar refractivity (Wildman–Crippen MR) is 46.9 cm³/mol. The summed E-state index contributed by atoms with van der Waals surface area (Å²) in [4.78, 5) is 21.2. The second-order valence-corrected chi connectivity index (χ2v) is 2.42. The van der Waals surface area contributed by atoms with Crippen LogP contribution in [-0.4, -0.2) is 36.1 Å². The number of aliphatic carboxylic acids is 1. The highest BCUT2D eigenvalue weighted by atomic mass is 16.4. The van der Waals surface area contributed by atoms with Gasteiger partial charge in [0.05, 0.1) is 19.1 Å². The second kappa shape index (κ2) is 6.03. The lowest BCUT2D eigenvalue weighted by Gasteiger charge is -2.10. The van der Waals surface area contributed by atoms with Gasteiger partial charge in [0.1, 0.15) is 0 Å². The van der Waals surface area contributed by atoms with Crippen molar-refractivity contribution < 1.29 is 14.7 Å². The maximum atomic E-state index is 11.1. The molecule has 72 valence electrons. The molecule has 5 nitrogen and oxygen atoms in total. The maximum Gasteiger partial charge on any atom is 0.317 e. The lowest BCUT2D eigenvalue weighted by molar-refractivity contribution is -0.136. The number of amides is 1. The summed E-state index contributed by atoms with van der Waals surface area (Å²) in [5, 5.41) is 13.2. The van der Waals surface area contributed by atoms with Gasteiger partial charge in [0, 0.05) is 0 Å². The molecule has 0 radical (unpaired) electrons. The van der Waals surface area contributed by atoms with Crippen LogP contribution in [0.2, 0.25) is 0 Å². The van der Waals surface area contributed by atoms with Crippen LogP contribution in [0.25, 0.3) is 0 Å². The maximum absolute atomic E-state index is 11.1. The third-order valence-electron chi connectivity index (χ3n) is 1.32. The van der Waals surface area contributed by atoms with E-state index >= 15 is 0 Å². The smallest absolute Gasteiger partial charge is 0.317 e. The van der Waals surface area contributed by atoms with Crippen LogP contribution in [0.4, 0.5) is 0 Å². The fraction of sp³-hybridized carbons (Fsp3) is 0.500. The van der Waals surface area contributed by atoms with Gasteiger partial charge in [0.2, 0.25) is 5.91 Å².